The zero-order chi connectivity index (χ0) is 30.6. The highest BCUT2D eigenvalue weighted by Gasteiger charge is 2.67. The van der Waals surface area contributed by atoms with Crippen molar-refractivity contribution in [1.29, 1.82) is 0 Å². The molecule has 1 N–H and O–H groups in total. The maximum atomic E-state index is 13.1. The molecule has 40 heavy (non-hydrogen) atoms. The lowest BCUT2D eigenvalue weighted by Crippen LogP contribution is -2.77. The number of aliphatic hydroxyl groups is 1. The van der Waals surface area contributed by atoms with Gasteiger partial charge in [-0.3, -0.25) is 9.63 Å². The lowest BCUT2D eigenvalue weighted by molar-refractivity contribution is -0.293. The molecular formula is C30H53NO6Si3. The first-order valence-electron chi connectivity index (χ1n) is 14.4. The molecule has 0 unspecified atom stereocenters. The minimum absolute atomic E-state index is 0.119. The molecule has 0 saturated carbocycles. The molecule has 4 atom stereocenters. The molecule has 0 bridgehead atoms. The van der Waals surface area contributed by atoms with Gasteiger partial charge in [-0.2, -0.15) is 0 Å². The molecule has 226 valence electrons. The third-order valence-corrected chi connectivity index (χ3v) is 18.8. The quantitative estimate of drug-likeness (QED) is 0.141. The average Bonchev–Trinajstić information content (AvgIpc) is 2.76. The minimum Gasteiger partial charge on any atom is -0.409 e. The Morgan fingerprint density at radius 1 is 0.850 bits per heavy atom. The van der Waals surface area contributed by atoms with Crippen LogP contribution in [0.2, 0.25) is 55.9 Å². The molecule has 1 heterocycles. The van der Waals surface area contributed by atoms with Crippen LogP contribution in [0.5, 0.6) is 0 Å². The maximum Gasteiger partial charge on any atom is 0.249 e. The second-order valence-electron chi connectivity index (χ2n) is 15.5. The van der Waals surface area contributed by atoms with E-state index in [1.807, 2.05) is 36.4 Å². The van der Waals surface area contributed by atoms with Gasteiger partial charge in [0, 0.05) is 0 Å². The van der Waals surface area contributed by atoms with Gasteiger partial charge in [-0.25, -0.2) is 5.06 Å². The summed E-state index contributed by atoms with van der Waals surface area (Å²) in [6.45, 7) is 28.2. The fraction of sp³-hybridized carbons (Fsp3) is 0.700. The van der Waals surface area contributed by atoms with E-state index in [9.17, 15) is 9.90 Å². The van der Waals surface area contributed by atoms with Crippen LogP contribution in [0.15, 0.2) is 42.5 Å². The van der Waals surface area contributed by atoms with E-state index in [4.69, 9.17) is 18.1 Å². The van der Waals surface area contributed by atoms with E-state index < -0.39 is 48.5 Å². The molecule has 1 saturated heterocycles. The number of hydroxylamine groups is 2. The normalized spacial score (nSPS) is 28.2. The van der Waals surface area contributed by atoms with Crippen molar-refractivity contribution >= 4 is 30.9 Å². The third-order valence-electron chi connectivity index (χ3n) is 8.96. The molecule has 10 heteroatoms. The summed E-state index contributed by atoms with van der Waals surface area (Å²) in [5.41, 5.74) is 0.0500. The molecule has 1 aliphatic heterocycles. The van der Waals surface area contributed by atoms with Crippen LogP contribution in [0.1, 0.15) is 53.5 Å². The van der Waals surface area contributed by atoms with Gasteiger partial charge in [0.25, 0.3) is 0 Å². The van der Waals surface area contributed by atoms with Crippen molar-refractivity contribution in [1.82, 2.24) is 5.06 Å². The van der Waals surface area contributed by atoms with Gasteiger partial charge in [-0.1, -0.05) is 78.0 Å². The van der Waals surface area contributed by atoms with E-state index in [0.29, 0.717) is 0 Å². The van der Waals surface area contributed by atoms with E-state index in [0.717, 1.165) is 5.56 Å². The van der Waals surface area contributed by atoms with Crippen LogP contribution in [-0.4, -0.2) is 64.6 Å². The van der Waals surface area contributed by atoms with Crippen LogP contribution in [-0.2, 0) is 29.5 Å². The first-order chi connectivity index (χ1) is 17.9. The molecule has 1 aromatic rings. The summed E-state index contributed by atoms with van der Waals surface area (Å²) in [5, 5.41) is 13.6. The zero-order valence-electron chi connectivity index (χ0n) is 27.0. The molecule has 1 aromatic carbocycles. The highest BCUT2D eigenvalue weighted by Crippen LogP contribution is 2.51. The number of nitrogens with zero attached hydrogens (tertiary/aromatic N) is 1. The Bertz CT molecular complexity index is 1090. The van der Waals surface area contributed by atoms with Crippen LogP contribution in [0.25, 0.3) is 0 Å². The van der Waals surface area contributed by atoms with Crippen molar-refractivity contribution < 1.29 is 28.0 Å². The lowest BCUT2D eigenvalue weighted by Gasteiger charge is -2.60. The SMILES string of the molecule is CC(C)(C)[Si](C)(C)O[C@H]1[C@@H](O[Si](C)(C)C)[C@]2(C=C[C@@]1(O)O[Si](C)(C)C(C)(C)C)CC(=O)N2OCc1ccccc1. The van der Waals surface area contributed by atoms with Crippen LogP contribution < -0.4 is 0 Å². The van der Waals surface area contributed by atoms with Gasteiger partial charge >= 0.3 is 0 Å². The van der Waals surface area contributed by atoms with E-state index in [1.165, 1.54) is 5.06 Å². The van der Waals surface area contributed by atoms with Crippen LogP contribution in [0.3, 0.4) is 0 Å². The minimum atomic E-state index is -2.47. The Balaban J connectivity index is 2.15. The molecule has 7 nitrogen and oxygen atoms in total. The van der Waals surface area contributed by atoms with Gasteiger partial charge in [0.2, 0.25) is 11.7 Å². The highest BCUT2D eigenvalue weighted by molar-refractivity contribution is 6.74. The van der Waals surface area contributed by atoms with E-state index >= 15 is 0 Å². The van der Waals surface area contributed by atoms with Crippen molar-refractivity contribution in [3.8, 4) is 0 Å². The summed E-state index contributed by atoms with van der Waals surface area (Å²) in [6, 6.07) is 9.79. The molecule has 1 spiro atoms. The van der Waals surface area contributed by atoms with Crippen molar-refractivity contribution in [2.45, 2.75) is 134 Å². The highest BCUT2D eigenvalue weighted by atomic mass is 28.4. The van der Waals surface area contributed by atoms with Crippen LogP contribution >= 0.6 is 0 Å². The lowest BCUT2D eigenvalue weighted by atomic mass is 9.73. The third kappa shape index (κ3) is 6.75. The molecule has 1 amide bonds. The first kappa shape index (κ1) is 33.4. The second kappa shape index (κ2) is 10.9. The number of β-lactam (4-membered cyclic amide) rings is 1. The number of carbonyl (C=O) groups excluding carboxylic acids is 1. The number of hydrogen-bond acceptors (Lipinski definition) is 6. The predicted octanol–water partition coefficient (Wildman–Crippen LogP) is 6.98. The topological polar surface area (TPSA) is 77.5 Å². The van der Waals surface area contributed by atoms with Gasteiger partial charge in [0.15, 0.2) is 25.0 Å². The van der Waals surface area contributed by atoms with E-state index in [2.05, 4.69) is 87.4 Å². The Morgan fingerprint density at radius 3 is 1.88 bits per heavy atom. The van der Waals surface area contributed by atoms with Crippen molar-refractivity contribution in [2.24, 2.45) is 0 Å². The predicted molar refractivity (Wildman–Crippen MR) is 168 cm³/mol. The molecule has 3 rings (SSSR count). The fourth-order valence-electron chi connectivity index (χ4n) is 4.55. The van der Waals surface area contributed by atoms with Gasteiger partial charge in [0.05, 0.1) is 6.42 Å². The molecule has 1 fully saturated rings. The van der Waals surface area contributed by atoms with Gasteiger partial charge in [0.1, 0.15) is 24.4 Å². The summed E-state index contributed by atoms with van der Waals surface area (Å²) < 4.78 is 20.8. The number of hydrogen-bond donors (Lipinski definition) is 1. The summed E-state index contributed by atoms with van der Waals surface area (Å²) >= 11 is 0. The van der Waals surface area contributed by atoms with Gasteiger partial charge in [-0.15, -0.1) is 0 Å². The smallest absolute Gasteiger partial charge is 0.249 e. The van der Waals surface area contributed by atoms with Gasteiger partial charge < -0.3 is 18.4 Å². The Labute approximate surface area is 245 Å². The Kier molecular flexibility index (Phi) is 9.06. The summed E-state index contributed by atoms with van der Waals surface area (Å²) in [6.07, 6.45) is 2.27. The molecule has 2 aliphatic rings. The van der Waals surface area contributed by atoms with E-state index in [1.54, 1.807) is 6.08 Å². The maximum absolute atomic E-state index is 13.1. The number of carbonyl (C=O) groups is 1. The summed E-state index contributed by atoms with van der Waals surface area (Å²) in [4.78, 5) is 19.3. The van der Waals surface area contributed by atoms with Crippen LogP contribution in [0, 0.1) is 0 Å². The molecule has 0 aromatic heterocycles. The largest absolute Gasteiger partial charge is 0.409 e. The average molecular weight is 608 g/mol. The van der Waals surface area contributed by atoms with Crippen molar-refractivity contribution in [2.75, 3.05) is 0 Å². The second-order valence-corrected chi connectivity index (χ2v) is 29.5. The monoisotopic (exact) mass is 607 g/mol. The van der Waals surface area contributed by atoms with Crippen molar-refractivity contribution in [3.63, 3.8) is 0 Å². The number of benzene rings is 1. The van der Waals surface area contributed by atoms with Gasteiger partial charge in [-0.05, 0) is 67.5 Å². The summed E-state index contributed by atoms with van der Waals surface area (Å²) in [5.74, 6) is -1.84. The molecule has 0 radical (unpaired) electrons. The summed E-state index contributed by atoms with van der Waals surface area (Å²) in [7, 11) is -7.14. The van der Waals surface area contributed by atoms with Crippen molar-refractivity contribution in [3.05, 3.63) is 48.0 Å². The Hall–Kier alpha value is -1.12. The number of amides is 1. The first-order valence-corrected chi connectivity index (χ1v) is 23.7. The Morgan fingerprint density at radius 2 is 1.40 bits per heavy atom. The van der Waals surface area contributed by atoms with Crippen LogP contribution in [0.4, 0.5) is 0 Å². The standard InChI is InChI=1S/C30H53NO6Si3/c1-27(2,3)39(10,11)36-26-25(35-38(7,8)9)29(19-20-30(26,33)37-40(12,13)28(4,5)6)21-24(32)31(29)34-22-23-17-15-14-16-18-23/h14-20,25-26,33H,21-22H2,1-13H3/t25-,26+,29+,30-/m1/s1. The number of rotatable bonds is 9. The fourth-order valence-corrected chi connectivity index (χ4v) is 8.22. The zero-order valence-corrected chi connectivity index (χ0v) is 30.0. The van der Waals surface area contributed by atoms with E-state index in [-0.39, 0.29) is 29.0 Å². The molecule has 1 aliphatic carbocycles. The molecular weight excluding hydrogens is 555 g/mol.